The molecule has 1 aromatic rings. The summed E-state index contributed by atoms with van der Waals surface area (Å²) < 4.78 is 0. The summed E-state index contributed by atoms with van der Waals surface area (Å²) in [5.74, 6) is 1.23. The first-order chi connectivity index (χ1) is 5.61. The van der Waals surface area contributed by atoms with Gasteiger partial charge in [-0.1, -0.05) is 26.8 Å². The van der Waals surface area contributed by atoms with E-state index in [0.717, 1.165) is 5.69 Å². The molecule has 0 amide bonds. The topological polar surface area (TPSA) is 12.9 Å². The van der Waals surface area contributed by atoms with Crippen LogP contribution in [0.5, 0.6) is 0 Å². The van der Waals surface area contributed by atoms with Crippen molar-refractivity contribution in [2.75, 3.05) is 0 Å². The molecule has 1 aromatic heterocycles. The molecule has 1 nitrogen and oxygen atoms in total. The van der Waals surface area contributed by atoms with Crippen LogP contribution in [0.1, 0.15) is 38.1 Å². The molecule has 0 aliphatic heterocycles. The zero-order chi connectivity index (χ0) is 9.14. The summed E-state index contributed by atoms with van der Waals surface area (Å²) in [6.07, 6.45) is 0. The Morgan fingerprint density at radius 2 is 1.83 bits per heavy atom. The molecule has 0 spiro atoms. The van der Waals surface area contributed by atoms with E-state index in [1.54, 1.807) is 0 Å². The van der Waals surface area contributed by atoms with E-state index in [-0.39, 0.29) is 0 Å². The Morgan fingerprint density at radius 3 is 2.33 bits per heavy atom. The van der Waals surface area contributed by atoms with Gasteiger partial charge in [0.1, 0.15) is 0 Å². The molecule has 66 valence electrons. The van der Waals surface area contributed by atoms with Crippen LogP contribution in [-0.2, 0) is 0 Å². The van der Waals surface area contributed by atoms with E-state index in [4.69, 9.17) is 0 Å². The highest BCUT2D eigenvalue weighted by Crippen LogP contribution is 2.21. The monoisotopic (exact) mass is 163 g/mol. The molecule has 0 unspecified atom stereocenters. The minimum Gasteiger partial charge on any atom is -0.258 e. The number of aryl methyl sites for hydroxylation is 1. The van der Waals surface area contributed by atoms with Gasteiger partial charge in [0.2, 0.25) is 0 Å². The number of nitrogens with zero attached hydrogens (tertiary/aromatic N) is 1. The molecule has 12 heavy (non-hydrogen) atoms. The third kappa shape index (κ3) is 2.07. The molecule has 0 N–H and O–H groups in total. The summed E-state index contributed by atoms with van der Waals surface area (Å²) in [5.41, 5.74) is 2.32. The molecule has 1 heterocycles. The predicted octanol–water partition coefficient (Wildman–Crippen LogP) is 3.15. The third-order valence-corrected chi connectivity index (χ3v) is 2.38. The number of pyridine rings is 1. The van der Waals surface area contributed by atoms with Gasteiger partial charge >= 0.3 is 0 Å². The maximum atomic E-state index is 4.49. The molecule has 0 radical (unpaired) electrons. The molecule has 1 heteroatoms. The van der Waals surface area contributed by atoms with Gasteiger partial charge in [0.25, 0.3) is 0 Å². The fourth-order valence-electron chi connectivity index (χ4n) is 1.16. The molecule has 1 atom stereocenters. The molecule has 0 aliphatic rings. The summed E-state index contributed by atoms with van der Waals surface area (Å²) in [6, 6.07) is 6.23. The summed E-state index contributed by atoms with van der Waals surface area (Å²) in [7, 11) is 0. The first-order valence-electron chi connectivity index (χ1n) is 4.55. The van der Waals surface area contributed by atoms with Crippen LogP contribution in [-0.4, -0.2) is 4.98 Å². The quantitative estimate of drug-likeness (QED) is 0.652. The third-order valence-electron chi connectivity index (χ3n) is 2.38. The Labute approximate surface area is 74.8 Å². The van der Waals surface area contributed by atoms with E-state index in [1.165, 1.54) is 5.69 Å². The van der Waals surface area contributed by atoms with Crippen molar-refractivity contribution in [1.29, 1.82) is 0 Å². The second-order valence-corrected chi connectivity index (χ2v) is 3.74. The molecule has 0 aliphatic carbocycles. The Morgan fingerprint density at radius 1 is 1.17 bits per heavy atom. The summed E-state index contributed by atoms with van der Waals surface area (Å²) in [6.45, 7) is 8.73. The highest BCUT2D eigenvalue weighted by atomic mass is 14.7. The van der Waals surface area contributed by atoms with Gasteiger partial charge in [-0.05, 0) is 25.0 Å². The van der Waals surface area contributed by atoms with Crippen molar-refractivity contribution in [3.05, 3.63) is 29.6 Å². The number of rotatable bonds is 2. The average molecular weight is 163 g/mol. The van der Waals surface area contributed by atoms with Crippen LogP contribution in [0.15, 0.2) is 18.2 Å². The van der Waals surface area contributed by atoms with E-state index in [2.05, 4.69) is 37.9 Å². The smallest absolute Gasteiger partial charge is 0.0437 e. The van der Waals surface area contributed by atoms with Crippen molar-refractivity contribution in [2.24, 2.45) is 5.92 Å². The van der Waals surface area contributed by atoms with Crippen molar-refractivity contribution in [2.45, 2.75) is 33.6 Å². The lowest BCUT2D eigenvalue weighted by molar-refractivity contribution is 0.523. The lowest BCUT2D eigenvalue weighted by Gasteiger charge is -2.14. The second kappa shape index (κ2) is 3.70. The SMILES string of the molecule is Cc1cccc([C@H](C)C(C)C)n1. The Balaban J connectivity index is 2.88. The molecule has 1 rings (SSSR count). The normalized spacial score (nSPS) is 13.4. The fraction of sp³-hybridized carbons (Fsp3) is 0.545. The Hall–Kier alpha value is -0.850. The van der Waals surface area contributed by atoms with Crippen molar-refractivity contribution in [3.8, 4) is 0 Å². The van der Waals surface area contributed by atoms with E-state index in [0.29, 0.717) is 11.8 Å². The predicted molar refractivity (Wildman–Crippen MR) is 52.2 cm³/mol. The van der Waals surface area contributed by atoms with Crippen molar-refractivity contribution >= 4 is 0 Å². The zero-order valence-corrected chi connectivity index (χ0v) is 8.33. The first kappa shape index (κ1) is 9.24. The summed E-state index contributed by atoms with van der Waals surface area (Å²) in [4.78, 5) is 4.49. The van der Waals surface area contributed by atoms with Gasteiger partial charge in [0, 0.05) is 17.3 Å². The second-order valence-electron chi connectivity index (χ2n) is 3.74. The minimum absolute atomic E-state index is 0.560. The summed E-state index contributed by atoms with van der Waals surface area (Å²) in [5, 5.41) is 0. The van der Waals surface area contributed by atoms with Gasteiger partial charge < -0.3 is 0 Å². The standard InChI is InChI=1S/C11H17N/c1-8(2)10(4)11-7-5-6-9(3)12-11/h5-8,10H,1-4H3/t10-/m1/s1. The van der Waals surface area contributed by atoms with E-state index >= 15 is 0 Å². The minimum atomic E-state index is 0.560. The Bertz CT molecular complexity index is 253. The van der Waals surface area contributed by atoms with Crippen LogP contribution in [0.2, 0.25) is 0 Å². The van der Waals surface area contributed by atoms with Gasteiger partial charge in [-0.15, -0.1) is 0 Å². The van der Waals surface area contributed by atoms with Crippen molar-refractivity contribution in [3.63, 3.8) is 0 Å². The molecular weight excluding hydrogens is 146 g/mol. The van der Waals surface area contributed by atoms with Crippen LogP contribution in [0.25, 0.3) is 0 Å². The highest BCUT2D eigenvalue weighted by Gasteiger charge is 2.10. The van der Waals surface area contributed by atoms with Crippen LogP contribution < -0.4 is 0 Å². The number of aromatic nitrogens is 1. The van der Waals surface area contributed by atoms with Gasteiger partial charge in [-0.25, -0.2) is 0 Å². The van der Waals surface area contributed by atoms with Gasteiger partial charge in [0.15, 0.2) is 0 Å². The molecule has 0 saturated carbocycles. The lowest BCUT2D eigenvalue weighted by atomic mass is 9.94. The first-order valence-corrected chi connectivity index (χ1v) is 4.55. The number of hydrogen-bond acceptors (Lipinski definition) is 1. The fourth-order valence-corrected chi connectivity index (χ4v) is 1.16. The molecule has 0 fully saturated rings. The maximum absolute atomic E-state index is 4.49. The summed E-state index contributed by atoms with van der Waals surface area (Å²) >= 11 is 0. The largest absolute Gasteiger partial charge is 0.258 e. The van der Waals surface area contributed by atoms with Crippen LogP contribution in [0.4, 0.5) is 0 Å². The van der Waals surface area contributed by atoms with Crippen LogP contribution in [0, 0.1) is 12.8 Å². The van der Waals surface area contributed by atoms with Gasteiger partial charge in [-0.3, -0.25) is 4.98 Å². The van der Waals surface area contributed by atoms with Crippen molar-refractivity contribution < 1.29 is 0 Å². The van der Waals surface area contributed by atoms with Gasteiger partial charge in [0.05, 0.1) is 0 Å². The van der Waals surface area contributed by atoms with Crippen LogP contribution in [0.3, 0.4) is 0 Å². The average Bonchev–Trinajstić information content (AvgIpc) is 2.03. The zero-order valence-electron chi connectivity index (χ0n) is 8.33. The Kier molecular flexibility index (Phi) is 2.85. The maximum Gasteiger partial charge on any atom is 0.0437 e. The molecule has 0 saturated heterocycles. The van der Waals surface area contributed by atoms with E-state index in [1.807, 2.05) is 13.0 Å². The highest BCUT2D eigenvalue weighted by molar-refractivity contribution is 5.13. The number of hydrogen-bond donors (Lipinski definition) is 0. The molecule has 0 bridgehead atoms. The van der Waals surface area contributed by atoms with Crippen molar-refractivity contribution in [1.82, 2.24) is 4.98 Å². The van der Waals surface area contributed by atoms with E-state index < -0.39 is 0 Å². The lowest BCUT2D eigenvalue weighted by Crippen LogP contribution is -2.04. The van der Waals surface area contributed by atoms with Crippen LogP contribution >= 0.6 is 0 Å². The van der Waals surface area contributed by atoms with Gasteiger partial charge in [-0.2, -0.15) is 0 Å². The molecule has 0 aromatic carbocycles. The molecular formula is C11H17N. The van der Waals surface area contributed by atoms with E-state index in [9.17, 15) is 0 Å².